The maximum atomic E-state index is 10.0. The van der Waals surface area contributed by atoms with Crippen LogP contribution >= 0.6 is 0 Å². The highest BCUT2D eigenvalue weighted by Crippen LogP contribution is 2.20. The number of piperidine rings is 1. The molecule has 1 aromatic heterocycles. The number of aromatic amines is 1. The predicted octanol–water partition coefficient (Wildman–Crippen LogP) is 0.894. The van der Waals surface area contributed by atoms with Crippen LogP contribution < -0.4 is 5.32 Å². The van der Waals surface area contributed by atoms with Gasteiger partial charge in [0, 0.05) is 17.9 Å². The molecule has 1 aliphatic heterocycles. The second-order valence-corrected chi connectivity index (χ2v) is 3.95. The molecular weight excluding hydrogens is 178 g/mol. The molecule has 0 spiro atoms. The molecule has 1 aliphatic rings. The van der Waals surface area contributed by atoms with Crippen LogP contribution in [-0.4, -0.2) is 27.7 Å². The molecule has 0 aromatic carbocycles. The summed E-state index contributed by atoms with van der Waals surface area (Å²) in [5.74, 6) is 0.682. The number of nitrogens with one attached hydrogen (secondary N) is 2. The molecule has 0 radical (unpaired) electrons. The zero-order valence-electron chi connectivity index (χ0n) is 8.45. The average Bonchev–Trinajstić information content (AvgIpc) is 2.65. The van der Waals surface area contributed by atoms with Crippen LogP contribution in [0.15, 0.2) is 6.20 Å². The van der Waals surface area contributed by atoms with E-state index in [0.29, 0.717) is 5.82 Å². The first kappa shape index (κ1) is 9.68. The van der Waals surface area contributed by atoms with Crippen molar-refractivity contribution in [1.82, 2.24) is 15.3 Å². The summed E-state index contributed by atoms with van der Waals surface area (Å²) in [5.41, 5.74) is 0.995. The molecule has 1 saturated heterocycles. The van der Waals surface area contributed by atoms with Crippen LogP contribution in [0.5, 0.6) is 0 Å². The van der Waals surface area contributed by atoms with Crippen LogP contribution in [0.4, 0.5) is 0 Å². The summed E-state index contributed by atoms with van der Waals surface area (Å²) in [7, 11) is 0. The first-order valence-corrected chi connectivity index (χ1v) is 5.20. The van der Waals surface area contributed by atoms with E-state index < -0.39 is 6.10 Å². The van der Waals surface area contributed by atoms with Crippen molar-refractivity contribution < 1.29 is 5.11 Å². The van der Waals surface area contributed by atoms with E-state index in [0.717, 1.165) is 18.7 Å². The summed E-state index contributed by atoms with van der Waals surface area (Å²) in [6.45, 7) is 2.94. The van der Waals surface area contributed by atoms with Gasteiger partial charge in [0.05, 0.1) is 0 Å². The molecule has 0 amide bonds. The number of aromatic nitrogens is 2. The van der Waals surface area contributed by atoms with E-state index in [9.17, 15) is 5.11 Å². The van der Waals surface area contributed by atoms with E-state index in [1.807, 2.05) is 6.92 Å². The van der Waals surface area contributed by atoms with Crippen molar-refractivity contribution in [3.05, 3.63) is 17.7 Å². The van der Waals surface area contributed by atoms with Gasteiger partial charge in [-0.25, -0.2) is 4.98 Å². The number of imidazole rings is 1. The number of aryl methyl sites for hydroxylation is 1. The Morgan fingerprint density at radius 1 is 1.57 bits per heavy atom. The monoisotopic (exact) mass is 195 g/mol. The van der Waals surface area contributed by atoms with Crippen LogP contribution in [-0.2, 0) is 0 Å². The number of rotatable bonds is 2. The summed E-state index contributed by atoms with van der Waals surface area (Å²) in [6.07, 6.45) is 4.68. The van der Waals surface area contributed by atoms with E-state index in [2.05, 4.69) is 15.3 Å². The Morgan fingerprint density at radius 2 is 2.43 bits per heavy atom. The predicted molar refractivity (Wildman–Crippen MR) is 53.9 cm³/mol. The highest BCUT2D eigenvalue weighted by Gasteiger charge is 2.24. The smallest absolute Gasteiger partial charge is 0.136 e. The zero-order chi connectivity index (χ0) is 9.97. The SMILES string of the molecule is Cc1cnc(C(O)C2CCCCN2)[nH]1. The summed E-state index contributed by atoms with van der Waals surface area (Å²) in [4.78, 5) is 7.22. The summed E-state index contributed by atoms with van der Waals surface area (Å²) in [6, 6.07) is 0.161. The summed E-state index contributed by atoms with van der Waals surface area (Å²) < 4.78 is 0. The molecule has 2 unspecified atom stereocenters. The Kier molecular flexibility index (Phi) is 2.84. The number of nitrogens with zero attached hydrogens (tertiary/aromatic N) is 1. The Morgan fingerprint density at radius 3 is 3.00 bits per heavy atom. The lowest BCUT2D eigenvalue weighted by Crippen LogP contribution is -2.39. The van der Waals surface area contributed by atoms with Gasteiger partial charge in [0.2, 0.25) is 0 Å². The third kappa shape index (κ3) is 1.96. The van der Waals surface area contributed by atoms with Gasteiger partial charge in [-0.05, 0) is 26.3 Å². The molecule has 4 nitrogen and oxygen atoms in total. The van der Waals surface area contributed by atoms with Crippen molar-refractivity contribution in [3.8, 4) is 0 Å². The van der Waals surface area contributed by atoms with Crippen molar-refractivity contribution in [2.75, 3.05) is 6.54 Å². The van der Waals surface area contributed by atoms with E-state index in [1.165, 1.54) is 12.8 Å². The minimum atomic E-state index is -0.496. The molecule has 2 heterocycles. The minimum Gasteiger partial charge on any atom is -0.384 e. The van der Waals surface area contributed by atoms with Gasteiger partial charge in [0.15, 0.2) is 0 Å². The molecule has 1 fully saturated rings. The first-order chi connectivity index (χ1) is 6.77. The molecule has 1 aromatic rings. The number of aliphatic hydroxyl groups excluding tert-OH is 1. The third-order valence-electron chi connectivity index (χ3n) is 2.73. The second-order valence-electron chi connectivity index (χ2n) is 3.95. The Balaban J connectivity index is 2.03. The third-order valence-corrected chi connectivity index (χ3v) is 2.73. The van der Waals surface area contributed by atoms with Gasteiger partial charge >= 0.3 is 0 Å². The van der Waals surface area contributed by atoms with Crippen molar-refractivity contribution in [1.29, 1.82) is 0 Å². The van der Waals surface area contributed by atoms with E-state index in [4.69, 9.17) is 0 Å². The normalized spacial score (nSPS) is 24.9. The van der Waals surface area contributed by atoms with Gasteiger partial charge in [-0.3, -0.25) is 0 Å². The van der Waals surface area contributed by atoms with Gasteiger partial charge in [-0.2, -0.15) is 0 Å². The van der Waals surface area contributed by atoms with Gasteiger partial charge in [-0.1, -0.05) is 6.42 Å². The standard InChI is InChI=1S/C10H17N3O/c1-7-6-12-10(13-7)9(14)8-4-2-3-5-11-8/h6,8-9,11,14H,2-5H2,1H3,(H,12,13). The Bertz CT molecular complexity index is 291. The van der Waals surface area contributed by atoms with Gasteiger partial charge in [-0.15, -0.1) is 0 Å². The molecule has 78 valence electrons. The first-order valence-electron chi connectivity index (χ1n) is 5.20. The topological polar surface area (TPSA) is 60.9 Å². The summed E-state index contributed by atoms with van der Waals surface area (Å²) >= 11 is 0. The maximum absolute atomic E-state index is 10.0. The molecule has 3 N–H and O–H groups in total. The molecule has 2 rings (SSSR count). The summed E-state index contributed by atoms with van der Waals surface area (Å²) in [5, 5.41) is 13.3. The quantitative estimate of drug-likeness (QED) is 0.657. The fraction of sp³-hybridized carbons (Fsp3) is 0.700. The average molecular weight is 195 g/mol. The van der Waals surface area contributed by atoms with Crippen LogP contribution in [0.1, 0.15) is 36.9 Å². The van der Waals surface area contributed by atoms with Gasteiger partial charge < -0.3 is 15.4 Å². The molecule has 0 aliphatic carbocycles. The molecule has 0 saturated carbocycles. The lowest BCUT2D eigenvalue weighted by atomic mass is 10.00. The van der Waals surface area contributed by atoms with Gasteiger partial charge in [0.1, 0.15) is 11.9 Å². The highest BCUT2D eigenvalue weighted by molar-refractivity contribution is 5.03. The number of aliphatic hydroxyl groups is 1. The van der Waals surface area contributed by atoms with Crippen molar-refractivity contribution in [3.63, 3.8) is 0 Å². The lowest BCUT2D eigenvalue weighted by molar-refractivity contribution is 0.106. The van der Waals surface area contributed by atoms with Crippen LogP contribution in [0.2, 0.25) is 0 Å². The number of hydrogen-bond donors (Lipinski definition) is 3. The van der Waals surface area contributed by atoms with E-state index in [1.54, 1.807) is 6.20 Å². The van der Waals surface area contributed by atoms with E-state index >= 15 is 0 Å². The van der Waals surface area contributed by atoms with Crippen molar-refractivity contribution in [2.24, 2.45) is 0 Å². The lowest BCUT2D eigenvalue weighted by Gasteiger charge is -2.26. The van der Waals surface area contributed by atoms with Crippen LogP contribution in [0, 0.1) is 6.92 Å². The molecular formula is C10H17N3O. The van der Waals surface area contributed by atoms with Crippen LogP contribution in [0.25, 0.3) is 0 Å². The van der Waals surface area contributed by atoms with Crippen molar-refractivity contribution in [2.45, 2.75) is 38.3 Å². The number of H-pyrrole nitrogens is 1. The molecule has 0 bridgehead atoms. The molecule has 4 heteroatoms. The number of hydrogen-bond acceptors (Lipinski definition) is 3. The maximum Gasteiger partial charge on any atom is 0.136 e. The Hall–Kier alpha value is -0.870. The largest absolute Gasteiger partial charge is 0.384 e. The molecule has 2 atom stereocenters. The Labute approximate surface area is 83.8 Å². The van der Waals surface area contributed by atoms with Gasteiger partial charge in [0.25, 0.3) is 0 Å². The second kappa shape index (κ2) is 4.11. The fourth-order valence-corrected chi connectivity index (χ4v) is 1.92. The zero-order valence-corrected chi connectivity index (χ0v) is 8.45. The fourth-order valence-electron chi connectivity index (χ4n) is 1.92. The highest BCUT2D eigenvalue weighted by atomic mass is 16.3. The molecule has 14 heavy (non-hydrogen) atoms. The van der Waals surface area contributed by atoms with Crippen molar-refractivity contribution >= 4 is 0 Å². The van der Waals surface area contributed by atoms with Crippen LogP contribution in [0.3, 0.4) is 0 Å². The minimum absolute atomic E-state index is 0.161. The van der Waals surface area contributed by atoms with E-state index in [-0.39, 0.29) is 6.04 Å².